The Hall–Kier alpha value is 0.410. The van der Waals surface area contributed by atoms with Crippen LogP contribution in [0.1, 0.15) is 51.9 Å². The zero-order valence-electron chi connectivity index (χ0n) is 7.28. The second-order valence-electron chi connectivity index (χ2n) is 2.95. The Kier molecular flexibility index (Phi) is 8.82. The fourth-order valence-electron chi connectivity index (χ4n) is 1.08. The smallest absolute Gasteiger partial charge is 0.154 e. The van der Waals surface area contributed by atoms with Gasteiger partial charge in [-0.25, -0.2) is 4.39 Å². The lowest BCUT2D eigenvalue weighted by Gasteiger charge is -2.00. The van der Waals surface area contributed by atoms with Gasteiger partial charge in [0.2, 0.25) is 0 Å². The summed E-state index contributed by atoms with van der Waals surface area (Å²) in [7, 11) is 0. The fourth-order valence-corrected chi connectivity index (χ4v) is 1.40. The first-order valence-corrected chi connectivity index (χ1v) is 5.47. The highest BCUT2D eigenvalue weighted by Crippen LogP contribution is 2.13. The van der Waals surface area contributed by atoms with Crippen molar-refractivity contribution in [3.8, 4) is 0 Å². The molecule has 0 N–H and O–H groups in total. The van der Waals surface area contributed by atoms with Crippen molar-refractivity contribution in [2.45, 2.75) is 57.0 Å². The summed E-state index contributed by atoms with van der Waals surface area (Å²) in [5, 5.41) is -0.784. The second-order valence-corrected chi connectivity index (χ2v) is 3.94. The van der Waals surface area contributed by atoms with E-state index in [0.717, 1.165) is 6.42 Å². The third kappa shape index (κ3) is 10.4. The van der Waals surface area contributed by atoms with Gasteiger partial charge in [-0.15, -0.1) is 0 Å². The van der Waals surface area contributed by atoms with E-state index in [-0.39, 0.29) is 0 Å². The van der Waals surface area contributed by atoms with E-state index in [0.29, 0.717) is 6.42 Å². The lowest BCUT2D eigenvalue weighted by atomic mass is 10.1. The molecule has 0 radical (unpaired) electrons. The predicted octanol–water partition coefficient (Wildman–Crippen LogP) is 4.43. The Bertz CT molecular complexity index is 74.0. The van der Waals surface area contributed by atoms with Crippen LogP contribution < -0.4 is 0 Å². The third-order valence-corrected chi connectivity index (χ3v) is 2.23. The van der Waals surface area contributed by atoms with E-state index in [1.807, 2.05) is 0 Å². The molecule has 1 atom stereocenters. The fraction of sp³-hybridized carbons (Fsp3) is 1.00. The molecule has 0 aromatic heterocycles. The molecule has 0 saturated heterocycles. The number of halogens is 2. The van der Waals surface area contributed by atoms with Crippen LogP contribution in [0.5, 0.6) is 0 Å². The number of alkyl halides is 2. The van der Waals surface area contributed by atoms with Crippen molar-refractivity contribution >= 4 is 15.9 Å². The normalized spacial score (nSPS) is 13.4. The lowest BCUT2D eigenvalue weighted by molar-refractivity contribution is 0.419. The van der Waals surface area contributed by atoms with Crippen LogP contribution in [0, 0.1) is 0 Å². The minimum atomic E-state index is -0.784. The van der Waals surface area contributed by atoms with E-state index in [1.165, 1.54) is 32.1 Å². The molecule has 0 amide bonds. The maximum absolute atomic E-state index is 12.2. The van der Waals surface area contributed by atoms with Gasteiger partial charge in [-0.05, 0) is 12.8 Å². The van der Waals surface area contributed by atoms with Crippen molar-refractivity contribution < 1.29 is 4.39 Å². The Labute approximate surface area is 77.7 Å². The molecule has 0 bridgehead atoms. The molecule has 0 nitrogen and oxygen atoms in total. The molecule has 0 aromatic carbocycles. The highest BCUT2D eigenvalue weighted by molar-refractivity contribution is 9.09. The zero-order chi connectivity index (χ0) is 8.53. The van der Waals surface area contributed by atoms with Gasteiger partial charge < -0.3 is 0 Å². The Morgan fingerprint density at radius 1 is 1.09 bits per heavy atom. The third-order valence-electron chi connectivity index (χ3n) is 1.78. The van der Waals surface area contributed by atoms with Crippen molar-refractivity contribution in [1.29, 1.82) is 0 Å². The van der Waals surface area contributed by atoms with Crippen LogP contribution in [-0.4, -0.2) is 5.08 Å². The summed E-state index contributed by atoms with van der Waals surface area (Å²) in [6.45, 7) is 2.20. The van der Waals surface area contributed by atoms with Gasteiger partial charge in [-0.3, -0.25) is 0 Å². The Balaban J connectivity index is 2.80. The molecular weight excluding hydrogens is 207 g/mol. The molecule has 11 heavy (non-hydrogen) atoms. The van der Waals surface area contributed by atoms with Crippen LogP contribution >= 0.6 is 15.9 Å². The van der Waals surface area contributed by atoms with Gasteiger partial charge in [0.05, 0.1) is 0 Å². The largest absolute Gasteiger partial charge is 0.235 e. The predicted molar refractivity (Wildman–Crippen MR) is 51.8 cm³/mol. The van der Waals surface area contributed by atoms with E-state index in [4.69, 9.17) is 0 Å². The highest BCUT2D eigenvalue weighted by atomic mass is 79.9. The summed E-state index contributed by atoms with van der Waals surface area (Å²) in [6.07, 6.45) is 8.08. The molecule has 0 rings (SSSR count). The molecule has 0 saturated carbocycles. The monoisotopic (exact) mass is 224 g/mol. The van der Waals surface area contributed by atoms with Crippen molar-refractivity contribution in [1.82, 2.24) is 0 Å². The highest BCUT2D eigenvalue weighted by Gasteiger charge is 1.98. The molecule has 1 unspecified atom stereocenters. The average molecular weight is 225 g/mol. The molecule has 0 aliphatic rings. The molecule has 2 heteroatoms. The van der Waals surface area contributed by atoms with Crippen LogP contribution in [-0.2, 0) is 0 Å². The number of rotatable bonds is 7. The van der Waals surface area contributed by atoms with Crippen molar-refractivity contribution in [2.75, 3.05) is 0 Å². The van der Waals surface area contributed by atoms with Gasteiger partial charge in [0.25, 0.3) is 0 Å². The summed E-state index contributed by atoms with van der Waals surface area (Å²) in [4.78, 5) is 0. The number of hydrogen-bond donors (Lipinski definition) is 0. The van der Waals surface area contributed by atoms with Gasteiger partial charge in [-0.1, -0.05) is 55.0 Å². The van der Waals surface area contributed by atoms with Gasteiger partial charge in [0.15, 0.2) is 5.08 Å². The lowest BCUT2D eigenvalue weighted by Crippen LogP contribution is -1.87. The molecule has 68 valence electrons. The SMILES string of the molecule is CCCCCCCCC(F)Br. The van der Waals surface area contributed by atoms with Crippen LogP contribution in [0.4, 0.5) is 4.39 Å². The molecule has 0 fully saturated rings. The standard InChI is InChI=1S/C9H18BrF/c1-2-3-4-5-6-7-8-9(10)11/h9H,2-8H2,1H3. The van der Waals surface area contributed by atoms with Gasteiger partial charge in [0, 0.05) is 0 Å². The van der Waals surface area contributed by atoms with Crippen LogP contribution in [0.2, 0.25) is 0 Å². The second kappa shape index (κ2) is 8.51. The van der Waals surface area contributed by atoms with E-state index < -0.39 is 5.08 Å². The van der Waals surface area contributed by atoms with Crippen molar-refractivity contribution in [2.24, 2.45) is 0 Å². The minimum absolute atomic E-state index is 0.673. The minimum Gasteiger partial charge on any atom is -0.235 e. The van der Waals surface area contributed by atoms with Gasteiger partial charge >= 0.3 is 0 Å². The van der Waals surface area contributed by atoms with Crippen molar-refractivity contribution in [3.63, 3.8) is 0 Å². The molecule has 0 aliphatic heterocycles. The summed E-state index contributed by atoms with van der Waals surface area (Å²) in [6, 6.07) is 0. The summed E-state index contributed by atoms with van der Waals surface area (Å²) < 4.78 is 12.2. The van der Waals surface area contributed by atoms with Gasteiger partial charge in [-0.2, -0.15) is 0 Å². The molecular formula is C9H18BrF. The molecule has 0 aliphatic carbocycles. The number of unbranched alkanes of at least 4 members (excludes halogenated alkanes) is 5. The van der Waals surface area contributed by atoms with Crippen molar-refractivity contribution in [3.05, 3.63) is 0 Å². The van der Waals surface area contributed by atoms with Crippen LogP contribution in [0.15, 0.2) is 0 Å². The topological polar surface area (TPSA) is 0 Å². The van der Waals surface area contributed by atoms with Crippen LogP contribution in [0.3, 0.4) is 0 Å². The van der Waals surface area contributed by atoms with E-state index in [9.17, 15) is 4.39 Å². The summed E-state index contributed by atoms with van der Waals surface area (Å²) in [5.41, 5.74) is 0. The first kappa shape index (κ1) is 11.4. The van der Waals surface area contributed by atoms with E-state index in [2.05, 4.69) is 22.9 Å². The summed E-state index contributed by atoms with van der Waals surface area (Å²) in [5.74, 6) is 0. The number of hydrogen-bond acceptors (Lipinski definition) is 0. The molecule has 0 heterocycles. The van der Waals surface area contributed by atoms with Gasteiger partial charge in [0.1, 0.15) is 0 Å². The first-order valence-electron chi connectivity index (χ1n) is 4.55. The maximum Gasteiger partial charge on any atom is 0.154 e. The maximum atomic E-state index is 12.2. The molecule has 0 aromatic rings. The summed E-state index contributed by atoms with van der Waals surface area (Å²) >= 11 is 2.89. The van der Waals surface area contributed by atoms with E-state index >= 15 is 0 Å². The first-order chi connectivity index (χ1) is 5.27. The molecule has 0 spiro atoms. The quantitative estimate of drug-likeness (QED) is 0.444. The Morgan fingerprint density at radius 2 is 1.64 bits per heavy atom. The average Bonchev–Trinajstić information content (AvgIpc) is 1.96. The Morgan fingerprint density at radius 3 is 2.18 bits per heavy atom. The zero-order valence-corrected chi connectivity index (χ0v) is 8.87. The van der Waals surface area contributed by atoms with E-state index in [1.54, 1.807) is 0 Å². The van der Waals surface area contributed by atoms with Crippen LogP contribution in [0.25, 0.3) is 0 Å².